The van der Waals surface area contributed by atoms with Gasteiger partial charge in [0.25, 0.3) is 0 Å². The van der Waals surface area contributed by atoms with Crippen LogP contribution in [-0.2, 0) is 0 Å². The highest BCUT2D eigenvalue weighted by atomic mass is 16.5. The van der Waals surface area contributed by atoms with Crippen molar-refractivity contribution in [3.8, 4) is 34.3 Å². The summed E-state index contributed by atoms with van der Waals surface area (Å²) in [6.45, 7) is 2.16. The van der Waals surface area contributed by atoms with Crippen LogP contribution in [0.2, 0.25) is 0 Å². The zero-order valence-corrected chi connectivity index (χ0v) is 18.4. The van der Waals surface area contributed by atoms with Crippen molar-refractivity contribution in [3.05, 3.63) is 71.8 Å². The van der Waals surface area contributed by atoms with Crippen LogP contribution in [-0.4, -0.2) is 28.4 Å². The molecule has 4 rings (SSSR count). The summed E-state index contributed by atoms with van der Waals surface area (Å²) in [5.74, 6) is 3.66. The second kappa shape index (κ2) is 8.64. The van der Waals surface area contributed by atoms with Gasteiger partial charge in [0.2, 0.25) is 5.75 Å². The van der Waals surface area contributed by atoms with Gasteiger partial charge in [-0.15, -0.1) is 0 Å². The van der Waals surface area contributed by atoms with Gasteiger partial charge in [0, 0.05) is 16.9 Å². The van der Waals surface area contributed by atoms with Crippen molar-refractivity contribution in [1.82, 2.24) is 0 Å². The first kappa shape index (κ1) is 20.7. The minimum absolute atomic E-state index is 0.123. The van der Waals surface area contributed by atoms with E-state index in [1.54, 1.807) is 28.4 Å². The Bertz CT molecular complexity index is 1170. The number of hydrogen-bond acceptors (Lipinski definition) is 5. The molecule has 0 fully saturated rings. The molecule has 0 spiro atoms. The molecule has 0 saturated carbocycles. The van der Waals surface area contributed by atoms with Crippen molar-refractivity contribution in [1.29, 1.82) is 0 Å². The summed E-state index contributed by atoms with van der Waals surface area (Å²) in [6.07, 6.45) is 0. The fourth-order valence-corrected chi connectivity index (χ4v) is 3.77. The van der Waals surface area contributed by atoms with Crippen LogP contribution >= 0.6 is 0 Å². The Morgan fingerprint density at radius 3 is 1.94 bits per heavy atom. The van der Waals surface area contributed by atoms with Crippen LogP contribution in [0.3, 0.4) is 0 Å². The molecule has 1 unspecified atom stereocenters. The lowest BCUT2D eigenvalue weighted by Gasteiger charge is -2.18. The zero-order chi connectivity index (χ0) is 22.0. The first-order valence-corrected chi connectivity index (χ1v) is 10.1. The normalized spacial score (nSPS) is 11.9. The number of ether oxygens (including phenoxy) is 4. The first-order valence-electron chi connectivity index (χ1n) is 10.1. The molecule has 0 aliphatic rings. The van der Waals surface area contributed by atoms with Gasteiger partial charge in [0.1, 0.15) is 17.1 Å². The molecule has 0 bridgehead atoms. The number of methoxy groups -OCH3 is 4. The van der Waals surface area contributed by atoms with E-state index in [1.807, 2.05) is 42.5 Å². The van der Waals surface area contributed by atoms with E-state index in [4.69, 9.17) is 23.4 Å². The van der Waals surface area contributed by atoms with E-state index < -0.39 is 0 Å². The van der Waals surface area contributed by atoms with Crippen LogP contribution in [0, 0.1) is 0 Å². The molecular weight excluding hydrogens is 392 g/mol. The Kier molecular flexibility index (Phi) is 5.76. The van der Waals surface area contributed by atoms with Crippen LogP contribution in [0.1, 0.15) is 24.0 Å². The lowest BCUT2D eigenvalue weighted by Crippen LogP contribution is -2.01. The SMILES string of the molecule is COc1ccc(-c2cc3cc(C(C)c4cc(OC)c(OC)c(OC)c4)ccc3o2)cc1. The first-order chi connectivity index (χ1) is 15.1. The maximum Gasteiger partial charge on any atom is 0.203 e. The Hall–Kier alpha value is -3.60. The molecule has 31 heavy (non-hydrogen) atoms. The third kappa shape index (κ3) is 3.91. The predicted molar refractivity (Wildman–Crippen MR) is 122 cm³/mol. The third-order valence-corrected chi connectivity index (χ3v) is 5.60. The van der Waals surface area contributed by atoms with E-state index in [0.717, 1.165) is 33.6 Å². The van der Waals surface area contributed by atoms with Crippen molar-refractivity contribution in [2.24, 2.45) is 0 Å². The molecular formula is C26H26O5. The van der Waals surface area contributed by atoms with E-state index >= 15 is 0 Å². The van der Waals surface area contributed by atoms with Crippen molar-refractivity contribution >= 4 is 11.0 Å². The molecule has 0 saturated heterocycles. The summed E-state index contributed by atoms with van der Waals surface area (Å²) in [4.78, 5) is 0. The standard InChI is InChI=1S/C26H26O5/c1-16(19-13-24(28-3)26(30-5)25(14-19)29-4)18-8-11-22-20(12-18)15-23(31-22)17-6-9-21(27-2)10-7-17/h6-16H,1-5H3. The maximum atomic E-state index is 6.07. The fourth-order valence-electron chi connectivity index (χ4n) is 3.77. The summed E-state index contributed by atoms with van der Waals surface area (Å²) in [5.41, 5.74) is 4.11. The Balaban J connectivity index is 1.69. The molecule has 0 N–H and O–H groups in total. The minimum atomic E-state index is 0.123. The molecule has 0 aliphatic heterocycles. The van der Waals surface area contributed by atoms with Crippen LogP contribution in [0.15, 0.2) is 65.1 Å². The maximum absolute atomic E-state index is 6.07. The molecule has 0 radical (unpaired) electrons. The van der Waals surface area contributed by atoms with Gasteiger partial charge in [-0.1, -0.05) is 13.0 Å². The highest BCUT2D eigenvalue weighted by molar-refractivity contribution is 5.83. The largest absolute Gasteiger partial charge is 0.497 e. The van der Waals surface area contributed by atoms with Crippen LogP contribution < -0.4 is 18.9 Å². The Morgan fingerprint density at radius 2 is 1.35 bits per heavy atom. The van der Waals surface area contributed by atoms with E-state index in [-0.39, 0.29) is 5.92 Å². The molecule has 4 aromatic rings. The minimum Gasteiger partial charge on any atom is -0.497 e. The summed E-state index contributed by atoms with van der Waals surface area (Å²) in [6, 6.07) is 20.2. The number of fused-ring (bicyclic) bond motifs is 1. The quantitative estimate of drug-likeness (QED) is 0.353. The van der Waals surface area contributed by atoms with E-state index in [2.05, 4.69) is 25.1 Å². The number of furan rings is 1. The second-order valence-corrected chi connectivity index (χ2v) is 7.32. The van der Waals surface area contributed by atoms with Gasteiger partial charge in [-0.05, 0) is 65.7 Å². The van der Waals surface area contributed by atoms with Crippen molar-refractivity contribution in [2.75, 3.05) is 28.4 Å². The molecule has 5 nitrogen and oxygen atoms in total. The second-order valence-electron chi connectivity index (χ2n) is 7.32. The molecule has 1 aromatic heterocycles. The van der Waals surface area contributed by atoms with Crippen molar-refractivity contribution in [2.45, 2.75) is 12.8 Å². The van der Waals surface area contributed by atoms with Gasteiger partial charge >= 0.3 is 0 Å². The molecule has 160 valence electrons. The predicted octanol–water partition coefficient (Wildman–Crippen LogP) is 6.29. The highest BCUT2D eigenvalue weighted by Crippen LogP contribution is 2.41. The molecule has 0 amide bonds. The number of hydrogen-bond donors (Lipinski definition) is 0. The zero-order valence-electron chi connectivity index (χ0n) is 18.4. The van der Waals surface area contributed by atoms with Gasteiger partial charge < -0.3 is 23.4 Å². The van der Waals surface area contributed by atoms with Gasteiger partial charge in [-0.25, -0.2) is 0 Å². The smallest absolute Gasteiger partial charge is 0.203 e. The lowest BCUT2D eigenvalue weighted by molar-refractivity contribution is 0.323. The van der Waals surface area contributed by atoms with Crippen molar-refractivity contribution < 1.29 is 23.4 Å². The van der Waals surface area contributed by atoms with Crippen LogP contribution in [0.5, 0.6) is 23.0 Å². The Labute approximate surface area is 182 Å². The van der Waals surface area contributed by atoms with E-state index in [1.165, 1.54) is 5.56 Å². The van der Waals surface area contributed by atoms with Gasteiger partial charge in [-0.3, -0.25) is 0 Å². The third-order valence-electron chi connectivity index (χ3n) is 5.60. The number of rotatable bonds is 7. The summed E-state index contributed by atoms with van der Waals surface area (Å²) in [5, 5.41) is 1.06. The lowest BCUT2D eigenvalue weighted by atomic mass is 9.92. The molecule has 3 aromatic carbocycles. The fraction of sp³-hybridized carbons (Fsp3) is 0.231. The van der Waals surface area contributed by atoms with Gasteiger partial charge in [0.05, 0.1) is 28.4 Å². The topological polar surface area (TPSA) is 50.1 Å². The highest BCUT2D eigenvalue weighted by Gasteiger charge is 2.18. The van der Waals surface area contributed by atoms with Crippen LogP contribution in [0.25, 0.3) is 22.3 Å². The molecule has 5 heteroatoms. The van der Waals surface area contributed by atoms with Crippen LogP contribution in [0.4, 0.5) is 0 Å². The van der Waals surface area contributed by atoms with E-state index in [0.29, 0.717) is 17.2 Å². The Morgan fingerprint density at radius 1 is 0.677 bits per heavy atom. The molecule has 1 atom stereocenters. The summed E-state index contributed by atoms with van der Waals surface area (Å²) in [7, 11) is 6.53. The van der Waals surface area contributed by atoms with Gasteiger partial charge in [-0.2, -0.15) is 0 Å². The average Bonchev–Trinajstić information content (AvgIpc) is 3.26. The number of benzene rings is 3. The molecule has 1 heterocycles. The van der Waals surface area contributed by atoms with Gasteiger partial charge in [0.15, 0.2) is 11.5 Å². The monoisotopic (exact) mass is 418 g/mol. The molecule has 0 aliphatic carbocycles. The summed E-state index contributed by atoms with van der Waals surface area (Å²) < 4.78 is 27.8. The summed E-state index contributed by atoms with van der Waals surface area (Å²) >= 11 is 0. The van der Waals surface area contributed by atoms with E-state index in [9.17, 15) is 0 Å². The van der Waals surface area contributed by atoms with Crippen molar-refractivity contribution in [3.63, 3.8) is 0 Å². The average molecular weight is 418 g/mol.